The summed E-state index contributed by atoms with van der Waals surface area (Å²) in [7, 11) is 0. The average molecular weight is 414 g/mol. The first kappa shape index (κ1) is 19.3. The first-order chi connectivity index (χ1) is 12.7. The number of nitrogens with zero attached hydrogens (tertiary/aromatic N) is 2. The molecule has 1 heterocycles. The molecule has 9 heteroatoms. The van der Waals surface area contributed by atoms with Crippen molar-refractivity contribution >= 4 is 34.8 Å². The Morgan fingerprint density at radius 3 is 2.41 bits per heavy atom. The Labute approximate surface area is 162 Å². The van der Waals surface area contributed by atoms with Crippen LogP contribution in [-0.4, -0.2) is 15.7 Å². The van der Waals surface area contributed by atoms with Crippen molar-refractivity contribution in [3.05, 3.63) is 75.5 Å². The highest BCUT2D eigenvalue weighted by molar-refractivity contribution is 6.43. The lowest BCUT2D eigenvalue weighted by Gasteiger charge is -2.10. The second kappa shape index (κ2) is 7.25. The maximum absolute atomic E-state index is 12.6. The molecule has 0 saturated heterocycles. The molecule has 0 saturated carbocycles. The average Bonchev–Trinajstić information content (AvgIpc) is 2.98. The largest absolute Gasteiger partial charge is 0.416 e. The van der Waals surface area contributed by atoms with Gasteiger partial charge < -0.3 is 5.32 Å². The number of carbonyl (C=O) groups is 1. The zero-order chi connectivity index (χ0) is 19.8. The summed E-state index contributed by atoms with van der Waals surface area (Å²) in [6.07, 6.45) is -3.08. The van der Waals surface area contributed by atoms with E-state index < -0.39 is 17.6 Å². The monoisotopic (exact) mass is 413 g/mol. The summed E-state index contributed by atoms with van der Waals surface area (Å²) in [6, 6.07) is 9.21. The summed E-state index contributed by atoms with van der Waals surface area (Å²) in [6.45, 7) is 1.67. The predicted octanol–water partition coefficient (Wildman–Crippen LogP) is 5.76. The van der Waals surface area contributed by atoms with Crippen molar-refractivity contribution in [3.63, 3.8) is 0 Å². The molecule has 0 bridgehead atoms. The molecule has 140 valence electrons. The molecule has 0 aliphatic rings. The van der Waals surface area contributed by atoms with Crippen molar-refractivity contribution in [1.29, 1.82) is 0 Å². The van der Waals surface area contributed by atoms with Gasteiger partial charge in [0.15, 0.2) is 0 Å². The van der Waals surface area contributed by atoms with E-state index in [0.717, 1.165) is 12.1 Å². The number of anilines is 1. The van der Waals surface area contributed by atoms with E-state index in [1.807, 2.05) is 0 Å². The molecule has 0 radical (unpaired) electrons. The number of rotatable bonds is 3. The number of carbonyl (C=O) groups excluding carboxylic acids is 1. The van der Waals surface area contributed by atoms with Crippen molar-refractivity contribution in [1.82, 2.24) is 9.78 Å². The number of halogens is 5. The zero-order valence-corrected chi connectivity index (χ0v) is 15.3. The van der Waals surface area contributed by atoms with Gasteiger partial charge in [0.25, 0.3) is 5.91 Å². The zero-order valence-electron chi connectivity index (χ0n) is 13.8. The van der Waals surface area contributed by atoms with Gasteiger partial charge in [0.1, 0.15) is 0 Å². The first-order valence-corrected chi connectivity index (χ1v) is 8.41. The smallest absolute Gasteiger partial charge is 0.322 e. The van der Waals surface area contributed by atoms with E-state index in [9.17, 15) is 18.0 Å². The molecule has 4 nitrogen and oxygen atoms in total. The van der Waals surface area contributed by atoms with Crippen LogP contribution in [-0.2, 0) is 6.18 Å². The number of hydrogen-bond donors (Lipinski definition) is 1. The SMILES string of the molecule is Cc1c(C(=O)Nc2ccc(C(F)(F)F)cc2)cnn1-c1cccc(Cl)c1Cl. The Morgan fingerprint density at radius 2 is 1.78 bits per heavy atom. The van der Waals surface area contributed by atoms with Gasteiger partial charge in [0.05, 0.1) is 38.8 Å². The van der Waals surface area contributed by atoms with Gasteiger partial charge in [-0.2, -0.15) is 18.3 Å². The molecule has 0 spiro atoms. The molecular formula is C18H12Cl2F3N3O. The third-order valence-corrected chi connectivity index (χ3v) is 4.69. The number of nitrogens with one attached hydrogen (secondary N) is 1. The summed E-state index contributed by atoms with van der Waals surface area (Å²) < 4.78 is 39.3. The quantitative estimate of drug-likeness (QED) is 0.593. The van der Waals surface area contributed by atoms with E-state index in [2.05, 4.69) is 10.4 Å². The normalized spacial score (nSPS) is 11.5. The van der Waals surface area contributed by atoms with E-state index in [1.165, 1.54) is 23.0 Å². The summed E-state index contributed by atoms with van der Waals surface area (Å²) >= 11 is 12.2. The Morgan fingerprint density at radius 1 is 1.11 bits per heavy atom. The van der Waals surface area contributed by atoms with E-state index in [-0.39, 0.29) is 11.3 Å². The predicted molar refractivity (Wildman–Crippen MR) is 97.7 cm³/mol. The van der Waals surface area contributed by atoms with Crippen LogP contribution in [0.3, 0.4) is 0 Å². The van der Waals surface area contributed by atoms with E-state index in [4.69, 9.17) is 23.2 Å². The number of aromatic nitrogens is 2. The van der Waals surface area contributed by atoms with Crippen LogP contribution in [0.25, 0.3) is 5.69 Å². The third-order valence-electron chi connectivity index (χ3n) is 3.88. The molecule has 3 rings (SSSR count). The molecule has 0 aliphatic carbocycles. The number of benzene rings is 2. The fraction of sp³-hybridized carbons (Fsp3) is 0.111. The minimum absolute atomic E-state index is 0.237. The minimum Gasteiger partial charge on any atom is -0.322 e. The highest BCUT2D eigenvalue weighted by Gasteiger charge is 2.30. The molecule has 1 amide bonds. The fourth-order valence-electron chi connectivity index (χ4n) is 2.47. The Hall–Kier alpha value is -2.51. The first-order valence-electron chi connectivity index (χ1n) is 7.66. The van der Waals surface area contributed by atoms with Gasteiger partial charge in [0.2, 0.25) is 0 Å². The van der Waals surface area contributed by atoms with Gasteiger partial charge in [0, 0.05) is 5.69 Å². The molecule has 0 unspecified atom stereocenters. The maximum Gasteiger partial charge on any atom is 0.416 e. The summed E-state index contributed by atoms with van der Waals surface area (Å²) in [4.78, 5) is 12.5. The molecule has 0 aliphatic heterocycles. The van der Waals surface area contributed by atoms with Crippen molar-refractivity contribution in [2.45, 2.75) is 13.1 Å². The molecule has 0 atom stereocenters. The molecule has 1 aromatic heterocycles. The Bertz CT molecular complexity index is 998. The molecule has 27 heavy (non-hydrogen) atoms. The minimum atomic E-state index is -4.43. The summed E-state index contributed by atoms with van der Waals surface area (Å²) in [5.74, 6) is -0.503. The lowest BCUT2D eigenvalue weighted by molar-refractivity contribution is -0.137. The lowest BCUT2D eigenvalue weighted by Crippen LogP contribution is -2.13. The molecule has 3 aromatic rings. The van der Waals surface area contributed by atoms with Crippen LogP contribution < -0.4 is 5.32 Å². The van der Waals surface area contributed by atoms with Gasteiger partial charge in [-0.3, -0.25) is 4.79 Å². The topological polar surface area (TPSA) is 46.9 Å². The van der Waals surface area contributed by atoms with Crippen molar-refractivity contribution in [3.8, 4) is 5.69 Å². The Balaban J connectivity index is 1.84. The van der Waals surface area contributed by atoms with Crippen molar-refractivity contribution < 1.29 is 18.0 Å². The molecule has 2 aromatic carbocycles. The summed E-state index contributed by atoms with van der Waals surface area (Å²) in [5, 5.41) is 7.35. The van der Waals surface area contributed by atoms with Gasteiger partial charge >= 0.3 is 6.18 Å². The maximum atomic E-state index is 12.6. The third kappa shape index (κ3) is 3.94. The van der Waals surface area contributed by atoms with E-state index in [0.29, 0.717) is 21.4 Å². The van der Waals surface area contributed by atoms with Crippen LogP contribution in [0.4, 0.5) is 18.9 Å². The standard InChI is InChI=1S/C18H12Cl2F3N3O/c1-10-13(9-24-26(10)15-4-2-3-14(19)16(15)20)17(27)25-12-7-5-11(6-8-12)18(21,22)23/h2-9H,1H3,(H,25,27). The number of alkyl halides is 3. The molecule has 1 N–H and O–H groups in total. The van der Waals surface area contributed by atoms with Gasteiger partial charge in [-0.15, -0.1) is 0 Å². The second-order valence-electron chi connectivity index (χ2n) is 5.66. The highest BCUT2D eigenvalue weighted by atomic mass is 35.5. The molecule has 0 fully saturated rings. The van der Waals surface area contributed by atoms with Crippen molar-refractivity contribution in [2.75, 3.05) is 5.32 Å². The number of amides is 1. The highest BCUT2D eigenvalue weighted by Crippen LogP contribution is 2.31. The van der Waals surface area contributed by atoms with Crippen LogP contribution in [0, 0.1) is 6.92 Å². The summed E-state index contributed by atoms with van der Waals surface area (Å²) in [5.41, 5.74) is 0.714. The lowest BCUT2D eigenvalue weighted by atomic mass is 10.2. The van der Waals surface area contributed by atoms with E-state index >= 15 is 0 Å². The van der Waals surface area contributed by atoms with Crippen LogP contribution in [0.2, 0.25) is 10.0 Å². The Kier molecular flexibility index (Phi) is 5.17. The van der Waals surface area contributed by atoms with Gasteiger partial charge in [-0.1, -0.05) is 29.3 Å². The second-order valence-corrected chi connectivity index (χ2v) is 6.44. The van der Waals surface area contributed by atoms with E-state index in [1.54, 1.807) is 25.1 Å². The van der Waals surface area contributed by atoms with Crippen LogP contribution >= 0.6 is 23.2 Å². The van der Waals surface area contributed by atoms with Gasteiger partial charge in [-0.25, -0.2) is 4.68 Å². The van der Waals surface area contributed by atoms with Gasteiger partial charge in [-0.05, 0) is 43.3 Å². The van der Waals surface area contributed by atoms with Crippen LogP contribution in [0.5, 0.6) is 0 Å². The fourth-order valence-corrected chi connectivity index (χ4v) is 2.85. The van der Waals surface area contributed by atoms with Crippen molar-refractivity contribution in [2.24, 2.45) is 0 Å². The van der Waals surface area contributed by atoms with Crippen LogP contribution in [0.1, 0.15) is 21.6 Å². The molecular weight excluding hydrogens is 402 g/mol. The van der Waals surface area contributed by atoms with Crippen LogP contribution in [0.15, 0.2) is 48.7 Å². The number of hydrogen-bond acceptors (Lipinski definition) is 2.